The van der Waals surface area contributed by atoms with Gasteiger partial charge in [0.05, 0.1) is 5.88 Å². The third-order valence-corrected chi connectivity index (χ3v) is 3.86. The van der Waals surface area contributed by atoms with Crippen LogP contribution in [0.4, 0.5) is 0 Å². The van der Waals surface area contributed by atoms with Gasteiger partial charge in [-0.25, -0.2) is 9.78 Å². The summed E-state index contributed by atoms with van der Waals surface area (Å²) in [6, 6.07) is 2.53. The second kappa shape index (κ2) is 5.05. The zero-order chi connectivity index (χ0) is 12.4. The van der Waals surface area contributed by atoms with E-state index in [1.54, 1.807) is 12.1 Å². The number of aromatic nitrogens is 1. The predicted molar refractivity (Wildman–Crippen MR) is 66.9 cm³/mol. The van der Waals surface area contributed by atoms with E-state index in [2.05, 4.69) is 20.9 Å². The summed E-state index contributed by atoms with van der Waals surface area (Å²) in [6.07, 6.45) is 1.52. The number of amides is 1. The molecule has 1 aliphatic rings. The quantitative estimate of drug-likeness (QED) is 0.894. The minimum atomic E-state index is -0.972. The van der Waals surface area contributed by atoms with E-state index in [-0.39, 0.29) is 11.6 Å². The highest BCUT2D eigenvalue weighted by Crippen LogP contribution is 2.23. The van der Waals surface area contributed by atoms with Crippen LogP contribution in [0.2, 0.25) is 0 Å². The first kappa shape index (κ1) is 12.4. The summed E-state index contributed by atoms with van der Waals surface area (Å²) in [7, 11) is 0. The standard InChI is InChI=1S/C10H9BrN2O3S/c11-6-1-2-7(12-3-6)9(14)13-5-17-4-8(13)10(15)16/h1-3,8H,4-5H2,(H,15,16). The molecule has 1 saturated heterocycles. The molecule has 2 rings (SSSR count). The van der Waals surface area contributed by atoms with Crippen molar-refractivity contribution in [3.63, 3.8) is 0 Å². The third-order valence-electron chi connectivity index (χ3n) is 2.37. The van der Waals surface area contributed by atoms with Crippen LogP contribution in [0.5, 0.6) is 0 Å². The van der Waals surface area contributed by atoms with Gasteiger partial charge in [0, 0.05) is 16.4 Å². The molecule has 1 N–H and O–H groups in total. The van der Waals surface area contributed by atoms with Crippen LogP contribution < -0.4 is 0 Å². The second-order valence-corrected chi connectivity index (χ2v) is 5.41. The first-order chi connectivity index (χ1) is 8.09. The number of aliphatic carboxylic acids is 1. The van der Waals surface area contributed by atoms with Crippen molar-refractivity contribution in [3.05, 3.63) is 28.5 Å². The maximum absolute atomic E-state index is 12.0. The number of pyridine rings is 1. The van der Waals surface area contributed by atoms with Crippen LogP contribution >= 0.6 is 27.7 Å². The van der Waals surface area contributed by atoms with Crippen LogP contribution in [0.1, 0.15) is 10.5 Å². The Labute approximate surface area is 110 Å². The topological polar surface area (TPSA) is 70.5 Å². The zero-order valence-electron chi connectivity index (χ0n) is 8.67. The van der Waals surface area contributed by atoms with Crippen molar-refractivity contribution in [1.29, 1.82) is 0 Å². The molecule has 90 valence electrons. The Morgan fingerprint density at radius 3 is 2.88 bits per heavy atom. The van der Waals surface area contributed by atoms with Crippen molar-refractivity contribution in [2.45, 2.75) is 6.04 Å². The highest BCUT2D eigenvalue weighted by atomic mass is 79.9. The lowest BCUT2D eigenvalue weighted by Crippen LogP contribution is -2.42. The van der Waals surface area contributed by atoms with Crippen molar-refractivity contribution in [2.24, 2.45) is 0 Å². The van der Waals surface area contributed by atoms with Gasteiger partial charge in [-0.3, -0.25) is 4.79 Å². The molecule has 5 nitrogen and oxygen atoms in total. The predicted octanol–water partition coefficient (Wildman–Crippen LogP) is 1.44. The van der Waals surface area contributed by atoms with Crippen LogP contribution in [-0.4, -0.2) is 44.5 Å². The number of hydrogen-bond acceptors (Lipinski definition) is 4. The fraction of sp³-hybridized carbons (Fsp3) is 0.300. The van der Waals surface area contributed by atoms with Crippen molar-refractivity contribution in [2.75, 3.05) is 11.6 Å². The SMILES string of the molecule is O=C(O)C1CSCN1C(=O)c1ccc(Br)cn1. The fourth-order valence-electron chi connectivity index (χ4n) is 1.50. The molecule has 0 bridgehead atoms. The normalized spacial score (nSPS) is 19.4. The van der Waals surface area contributed by atoms with E-state index in [1.165, 1.54) is 22.9 Å². The van der Waals surface area contributed by atoms with Crippen LogP contribution in [0.15, 0.2) is 22.8 Å². The Balaban J connectivity index is 2.19. The smallest absolute Gasteiger partial charge is 0.327 e. The number of hydrogen-bond donors (Lipinski definition) is 1. The summed E-state index contributed by atoms with van der Waals surface area (Å²) < 4.78 is 0.777. The molecule has 7 heteroatoms. The van der Waals surface area contributed by atoms with E-state index < -0.39 is 12.0 Å². The summed E-state index contributed by atoms with van der Waals surface area (Å²) in [5.41, 5.74) is 0.266. The van der Waals surface area contributed by atoms with Crippen LogP contribution in [0.3, 0.4) is 0 Å². The minimum Gasteiger partial charge on any atom is -0.480 e. The number of carboxylic acids is 1. The molecule has 1 aromatic heterocycles. The molecule has 1 unspecified atom stereocenters. The maximum Gasteiger partial charge on any atom is 0.327 e. The molecular weight excluding hydrogens is 308 g/mol. The first-order valence-electron chi connectivity index (χ1n) is 4.82. The van der Waals surface area contributed by atoms with Gasteiger partial charge in [-0.05, 0) is 28.1 Å². The molecule has 0 saturated carbocycles. The zero-order valence-corrected chi connectivity index (χ0v) is 11.1. The molecule has 1 fully saturated rings. The average Bonchev–Trinajstić information content (AvgIpc) is 2.78. The van der Waals surface area contributed by atoms with E-state index in [0.29, 0.717) is 11.6 Å². The summed E-state index contributed by atoms with van der Waals surface area (Å²) >= 11 is 4.66. The highest BCUT2D eigenvalue weighted by Gasteiger charge is 2.35. The summed E-state index contributed by atoms with van der Waals surface area (Å²) in [4.78, 5) is 28.3. The molecule has 1 aromatic rings. The highest BCUT2D eigenvalue weighted by molar-refractivity contribution is 9.10. The van der Waals surface area contributed by atoms with Crippen molar-refractivity contribution in [3.8, 4) is 0 Å². The van der Waals surface area contributed by atoms with E-state index in [4.69, 9.17) is 5.11 Å². The Morgan fingerprint density at radius 2 is 2.29 bits per heavy atom. The lowest BCUT2D eigenvalue weighted by atomic mass is 10.2. The minimum absolute atomic E-state index is 0.266. The summed E-state index contributed by atoms with van der Waals surface area (Å²) in [6.45, 7) is 0. The molecular formula is C10H9BrN2O3S. The van der Waals surface area contributed by atoms with Gasteiger partial charge >= 0.3 is 5.97 Å². The molecule has 0 spiro atoms. The van der Waals surface area contributed by atoms with Gasteiger partial charge in [-0.2, -0.15) is 0 Å². The molecule has 1 atom stereocenters. The van der Waals surface area contributed by atoms with E-state index >= 15 is 0 Å². The number of halogens is 1. The molecule has 0 radical (unpaired) electrons. The van der Waals surface area contributed by atoms with Crippen LogP contribution in [0.25, 0.3) is 0 Å². The Morgan fingerprint density at radius 1 is 1.53 bits per heavy atom. The van der Waals surface area contributed by atoms with Crippen molar-refractivity contribution in [1.82, 2.24) is 9.88 Å². The molecule has 17 heavy (non-hydrogen) atoms. The molecule has 1 amide bonds. The fourth-order valence-corrected chi connectivity index (χ4v) is 2.88. The van der Waals surface area contributed by atoms with Crippen molar-refractivity contribution < 1.29 is 14.7 Å². The van der Waals surface area contributed by atoms with E-state index in [0.717, 1.165) is 4.47 Å². The Kier molecular flexibility index (Phi) is 3.68. The van der Waals surface area contributed by atoms with Gasteiger partial charge < -0.3 is 10.0 Å². The average molecular weight is 317 g/mol. The van der Waals surface area contributed by atoms with Gasteiger partial charge in [0.15, 0.2) is 0 Å². The second-order valence-electron chi connectivity index (χ2n) is 3.49. The number of nitrogens with zero attached hydrogens (tertiary/aromatic N) is 2. The molecule has 2 heterocycles. The lowest BCUT2D eigenvalue weighted by molar-refractivity contribution is -0.140. The van der Waals surface area contributed by atoms with E-state index in [9.17, 15) is 9.59 Å². The van der Waals surface area contributed by atoms with Crippen molar-refractivity contribution >= 4 is 39.6 Å². The number of carbonyl (C=O) groups excluding carboxylic acids is 1. The lowest BCUT2D eigenvalue weighted by Gasteiger charge is -2.19. The van der Waals surface area contributed by atoms with Gasteiger partial charge in [-0.1, -0.05) is 0 Å². The molecule has 0 aromatic carbocycles. The summed E-state index contributed by atoms with van der Waals surface area (Å²) in [5, 5.41) is 8.99. The molecule has 0 aliphatic carbocycles. The maximum atomic E-state index is 12.0. The Hall–Kier alpha value is -1.08. The van der Waals surface area contributed by atoms with Crippen LogP contribution in [0, 0.1) is 0 Å². The molecule has 1 aliphatic heterocycles. The number of carboxylic acid groups (broad SMARTS) is 1. The number of rotatable bonds is 2. The third kappa shape index (κ3) is 2.61. The number of thioether (sulfide) groups is 1. The van der Waals surface area contributed by atoms with Crippen LogP contribution in [-0.2, 0) is 4.79 Å². The monoisotopic (exact) mass is 316 g/mol. The van der Waals surface area contributed by atoms with Gasteiger partial charge in [0.2, 0.25) is 0 Å². The number of carbonyl (C=O) groups is 2. The van der Waals surface area contributed by atoms with E-state index in [1.807, 2.05) is 0 Å². The first-order valence-corrected chi connectivity index (χ1v) is 6.77. The van der Waals surface area contributed by atoms with Gasteiger partial charge in [0.1, 0.15) is 11.7 Å². The van der Waals surface area contributed by atoms with Gasteiger partial charge in [-0.15, -0.1) is 11.8 Å². The summed E-state index contributed by atoms with van der Waals surface area (Å²) in [5.74, 6) is -0.485. The van der Waals surface area contributed by atoms with Gasteiger partial charge in [0.25, 0.3) is 5.91 Å². The largest absolute Gasteiger partial charge is 0.480 e. The Bertz CT molecular complexity index is 451.